The van der Waals surface area contributed by atoms with Gasteiger partial charge < -0.3 is 11.1 Å². The van der Waals surface area contributed by atoms with Crippen LogP contribution in [-0.4, -0.2) is 17.4 Å². The average Bonchev–Trinajstić information content (AvgIpc) is 2.37. The van der Waals surface area contributed by atoms with Crippen LogP contribution in [0.4, 0.5) is 0 Å². The maximum absolute atomic E-state index is 11.5. The minimum Gasteiger partial charge on any atom is -0.350 e. The van der Waals surface area contributed by atoms with E-state index < -0.39 is 0 Å². The van der Waals surface area contributed by atoms with Crippen molar-refractivity contribution in [3.63, 3.8) is 0 Å². The first-order valence-corrected chi connectivity index (χ1v) is 6.17. The van der Waals surface area contributed by atoms with E-state index in [-0.39, 0.29) is 5.91 Å². The highest BCUT2D eigenvalue weighted by Crippen LogP contribution is 2.05. The summed E-state index contributed by atoms with van der Waals surface area (Å²) >= 11 is 0. The SMILES string of the molecule is CCc1cccnc1CNC(=O)CCCCN. The quantitative estimate of drug-likeness (QED) is 0.702. The molecule has 1 aromatic rings. The lowest BCUT2D eigenvalue weighted by Crippen LogP contribution is -2.23. The standard InChI is InChI=1S/C13H21N3O/c1-2-11-6-5-9-15-12(11)10-16-13(17)7-3-4-8-14/h5-6,9H,2-4,7-8,10,14H2,1H3,(H,16,17). The van der Waals surface area contributed by atoms with Crippen LogP contribution in [0.15, 0.2) is 18.3 Å². The molecule has 0 saturated heterocycles. The molecule has 0 fully saturated rings. The van der Waals surface area contributed by atoms with Crippen molar-refractivity contribution >= 4 is 5.91 Å². The van der Waals surface area contributed by atoms with Crippen LogP contribution in [0.25, 0.3) is 0 Å². The summed E-state index contributed by atoms with van der Waals surface area (Å²) in [5, 5.41) is 2.89. The first-order valence-electron chi connectivity index (χ1n) is 6.17. The van der Waals surface area contributed by atoms with Gasteiger partial charge in [-0.15, -0.1) is 0 Å². The Labute approximate surface area is 103 Å². The first-order chi connectivity index (χ1) is 8.27. The number of carbonyl (C=O) groups is 1. The number of rotatable bonds is 7. The summed E-state index contributed by atoms with van der Waals surface area (Å²) < 4.78 is 0. The molecule has 17 heavy (non-hydrogen) atoms. The van der Waals surface area contributed by atoms with Gasteiger partial charge in [0.05, 0.1) is 12.2 Å². The lowest BCUT2D eigenvalue weighted by atomic mass is 10.1. The van der Waals surface area contributed by atoms with Crippen LogP contribution in [0.5, 0.6) is 0 Å². The molecule has 0 saturated carbocycles. The topological polar surface area (TPSA) is 68.0 Å². The number of amides is 1. The van der Waals surface area contributed by atoms with Crippen LogP contribution in [-0.2, 0) is 17.8 Å². The van der Waals surface area contributed by atoms with Gasteiger partial charge >= 0.3 is 0 Å². The fourth-order valence-electron chi connectivity index (χ4n) is 1.65. The van der Waals surface area contributed by atoms with E-state index in [1.54, 1.807) is 6.20 Å². The Hall–Kier alpha value is -1.42. The molecule has 1 rings (SSSR count). The van der Waals surface area contributed by atoms with Gasteiger partial charge in [-0.3, -0.25) is 9.78 Å². The van der Waals surface area contributed by atoms with Crippen LogP contribution >= 0.6 is 0 Å². The fourth-order valence-corrected chi connectivity index (χ4v) is 1.65. The molecule has 4 heteroatoms. The van der Waals surface area contributed by atoms with Gasteiger partial charge in [0.25, 0.3) is 0 Å². The van der Waals surface area contributed by atoms with Gasteiger partial charge in [-0.2, -0.15) is 0 Å². The minimum atomic E-state index is 0.0751. The van der Waals surface area contributed by atoms with Crippen molar-refractivity contribution in [1.29, 1.82) is 0 Å². The predicted molar refractivity (Wildman–Crippen MR) is 68.4 cm³/mol. The molecule has 0 aliphatic heterocycles. The van der Waals surface area contributed by atoms with Crippen molar-refractivity contribution in [2.24, 2.45) is 5.73 Å². The summed E-state index contributed by atoms with van der Waals surface area (Å²) in [6, 6.07) is 3.97. The van der Waals surface area contributed by atoms with Crippen LogP contribution in [0, 0.1) is 0 Å². The average molecular weight is 235 g/mol. The number of hydrogen-bond acceptors (Lipinski definition) is 3. The molecule has 1 heterocycles. The van der Waals surface area contributed by atoms with Crippen LogP contribution in [0.3, 0.4) is 0 Å². The molecule has 0 aromatic carbocycles. The third-order valence-electron chi connectivity index (χ3n) is 2.68. The summed E-state index contributed by atoms with van der Waals surface area (Å²) in [5.41, 5.74) is 7.53. The second-order valence-electron chi connectivity index (χ2n) is 3.99. The Morgan fingerprint density at radius 2 is 2.29 bits per heavy atom. The molecule has 0 radical (unpaired) electrons. The molecule has 0 aliphatic rings. The largest absolute Gasteiger partial charge is 0.350 e. The van der Waals surface area contributed by atoms with Crippen molar-refractivity contribution < 1.29 is 4.79 Å². The molecular weight excluding hydrogens is 214 g/mol. The highest BCUT2D eigenvalue weighted by molar-refractivity contribution is 5.75. The summed E-state index contributed by atoms with van der Waals surface area (Å²) in [4.78, 5) is 15.8. The smallest absolute Gasteiger partial charge is 0.220 e. The van der Waals surface area contributed by atoms with Crippen molar-refractivity contribution in [1.82, 2.24) is 10.3 Å². The Bertz CT molecular complexity index is 352. The number of aromatic nitrogens is 1. The monoisotopic (exact) mass is 235 g/mol. The van der Waals surface area contributed by atoms with Crippen LogP contribution in [0.2, 0.25) is 0 Å². The van der Waals surface area contributed by atoms with Crippen molar-refractivity contribution in [2.45, 2.75) is 39.2 Å². The summed E-state index contributed by atoms with van der Waals surface area (Å²) in [6.45, 7) is 3.25. The van der Waals surface area contributed by atoms with E-state index in [1.165, 1.54) is 5.56 Å². The number of nitrogens with zero attached hydrogens (tertiary/aromatic N) is 1. The van der Waals surface area contributed by atoms with Gasteiger partial charge in [0.2, 0.25) is 5.91 Å². The number of unbranched alkanes of at least 4 members (excludes halogenated alkanes) is 1. The zero-order valence-corrected chi connectivity index (χ0v) is 10.4. The number of carbonyl (C=O) groups excluding carboxylic acids is 1. The molecular formula is C13H21N3O. The lowest BCUT2D eigenvalue weighted by Gasteiger charge is -2.08. The molecule has 0 spiro atoms. The molecule has 0 atom stereocenters. The van der Waals surface area contributed by atoms with E-state index in [0.29, 0.717) is 19.5 Å². The lowest BCUT2D eigenvalue weighted by molar-refractivity contribution is -0.121. The summed E-state index contributed by atoms with van der Waals surface area (Å²) in [5.74, 6) is 0.0751. The van der Waals surface area contributed by atoms with E-state index in [1.807, 2.05) is 12.1 Å². The number of pyridine rings is 1. The Balaban J connectivity index is 2.36. The number of nitrogens with one attached hydrogen (secondary N) is 1. The molecule has 0 aliphatic carbocycles. The van der Waals surface area contributed by atoms with Crippen molar-refractivity contribution in [2.75, 3.05) is 6.54 Å². The number of hydrogen-bond donors (Lipinski definition) is 2. The minimum absolute atomic E-state index is 0.0751. The maximum atomic E-state index is 11.5. The van der Waals surface area contributed by atoms with E-state index >= 15 is 0 Å². The summed E-state index contributed by atoms with van der Waals surface area (Å²) in [7, 11) is 0. The third-order valence-corrected chi connectivity index (χ3v) is 2.68. The highest BCUT2D eigenvalue weighted by Gasteiger charge is 2.04. The van der Waals surface area contributed by atoms with E-state index in [2.05, 4.69) is 17.2 Å². The summed E-state index contributed by atoms with van der Waals surface area (Å²) in [6.07, 6.45) is 5.00. The van der Waals surface area contributed by atoms with Crippen molar-refractivity contribution in [3.8, 4) is 0 Å². The Morgan fingerprint density at radius 3 is 3.00 bits per heavy atom. The molecule has 1 amide bonds. The maximum Gasteiger partial charge on any atom is 0.220 e. The second kappa shape index (κ2) is 7.79. The molecule has 0 unspecified atom stereocenters. The predicted octanol–water partition coefficient (Wildman–Crippen LogP) is 1.39. The van der Waals surface area contributed by atoms with Gasteiger partial charge in [-0.1, -0.05) is 13.0 Å². The normalized spacial score (nSPS) is 10.2. The van der Waals surface area contributed by atoms with Crippen molar-refractivity contribution in [3.05, 3.63) is 29.6 Å². The zero-order chi connectivity index (χ0) is 12.5. The van der Waals surface area contributed by atoms with Crippen LogP contribution in [0.1, 0.15) is 37.4 Å². The molecule has 1 aromatic heterocycles. The van der Waals surface area contributed by atoms with E-state index in [4.69, 9.17) is 5.73 Å². The third kappa shape index (κ3) is 4.95. The van der Waals surface area contributed by atoms with Gasteiger partial charge in [-0.05, 0) is 37.4 Å². The molecule has 4 nitrogen and oxygen atoms in total. The fraction of sp³-hybridized carbons (Fsp3) is 0.538. The zero-order valence-electron chi connectivity index (χ0n) is 10.4. The van der Waals surface area contributed by atoms with E-state index in [9.17, 15) is 4.79 Å². The number of nitrogens with two attached hydrogens (primary N) is 1. The highest BCUT2D eigenvalue weighted by atomic mass is 16.1. The number of aryl methyl sites for hydroxylation is 1. The second-order valence-corrected chi connectivity index (χ2v) is 3.99. The Morgan fingerprint density at radius 1 is 1.47 bits per heavy atom. The molecule has 0 bridgehead atoms. The van der Waals surface area contributed by atoms with E-state index in [0.717, 1.165) is 25.0 Å². The van der Waals surface area contributed by atoms with Gasteiger partial charge in [0.1, 0.15) is 0 Å². The van der Waals surface area contributed by atoms with Crippen LogP contribution < -0.4 is 11.1 Å². The van der Waals surface area contributed by atoms with Gasteiger partial charge in [-0.25, -0.2) is 0 Å². The first kappa shape index (κ1) is 13.6. The van der Waals surface area contributed by atoms with Gasteiger partial charge in [0.15, 0.2) is 0 Å². The molecule has 3 N–H and O–H groups in total. The molecule has 94 valence electrons. The Kier molecular flexibility index (Phi) is 6.25. The van der Waals surface area contributed by atoms with Gasteiger partial charge in [0, 0.05) is 12.6 Å².